The molecule has 0 bridgehead atoms. The van der Waals surface area contributed by atoms with E-state index in [2.05, 4.69) is 0 Å². The minimum absolute atomic E-state index is 0.0168. The van der Waals surface area contributed by atoms with Crippen LogP contribution in [0.5, 0.6) is 0 Å². The Hall–Kier alpha value is -1.00. The Labute approximate surface area is 101 Å². The van der Waals surface area contributed by atoms with Gasteiger partial charge in [-0.15, -0.1) is 0 Å². The summed E-state index contributed by atoms with van der Waals surface area (Å²) in [5, 5.41) is 9.27. The first kappa shape index (κ1) is 14.1. The molecule has 0 spiro atoms. The average Bonchev–Trinajstić information content (AvgIpc) is 2.24. The Morgan fingerprint density at radius 3 is 2.35 bits per heavy atom. The van der Waals surface area contributed by atoms with Gasteiger partial charge >= 0.3 is 0 Å². The molecule has 1 N–H and O–H groups in total. The lowest BCUT2D eigenvalue weighted by molar-refractivity contribution is 0.108. The van der Waals surface area contributed by atoms with Gasteiger partial charge in [-0.3, -0.25) is 4.90 Å². The van der Waals surface area contributed by atoms with Crippen LogP contribution in [0.4, 0.5) is 8.78 Å². The zero-order valence-electron chi connectivity index (χ0n) is 10.5. The van der Waals surface area contributed by atoms with E-state index < -0.39 is 11.6 Å². The Morgan fingerprint density at radius 2 is 1.88 bits per heavy atom. The molecule has 0 aromatic heterocycles. The third-order valence-corrected chi connectivity index (χ3v) is 2.94. The molecule has 0 saturated carbocycles. The lowest BCUT2D eigenvalue weighted by atomic mass is 10.0. The minimum atomic E-state index is -0.834. The summed E-state index contributed by atoms with van der Waals surface area (Å²) in [4.78, 5) is 1.94. The molecule has 96 valence electrons. The number of likely N-dealkylation sites (N-methyl/N-ethyl adjacent to an activating group) is 1. The smallest absolute Gasteiger partial charge is 0.159 e. The standard InChI is InChI=1S/C13H19F2NO/c1-9(2)13(8-17)16(3)7-10-4-5-11(14)12(15)6-10/h4-6,9,13,17H,7-8H2,1-3H3. The van der Waals surface area contributed by atoms with Gasteiger partial charge in [-0.1, -0.05) is 19.9 Å². The fourth-order valence-electron chi connectivity index (χ4n) is 1.90. The molecule has 17 heavy (non-hydrogen) atoms. The summed E-state index contributed by atoms with van der Waals surface area (Å²) < 4.78 is 25.8. The number of nitrogens with zero attached hydrogens (tertiary/aromatic N) is 1. The van der Waals surface area contributed by atoms with Crippen LogP contribution in [0.1, 0.15) is 19.4 Å². The van der Waals surface area contributed by atoms with E-state index in [0.717, 1.165) is 6.07 Å². The predicted octanol–water partition coefficient (Wildman–Crippen LogP) is 2.41. The van der Waals surface area contributed by atoms with Gasteiger partial charge in [0.25, 0.3) is 0 Å². The van der Waals surface area contributed by atoms with E-state index in [1.165, 1.54) is 6.07 Å². The number of aliphatic hydroxyl groups is 1. The second-order valence-electron chi connectivity index (χ2n) is 4.66. The molecule has 1 rings (SSSR count). The maximum absolute atomic E-state index is 13.0. The molecule has 1 aromatic carbocycles. The first-order valence-corrected chi connectivity index (χ1v) is 5.70. The molecule has 0 amide bonds. The van der Waals surface area contributed by atoms with Crippen molar-refractivity contribution in [1.29, 1.82) is 0 Å². The molecular formula is C13H19F2NO. The van der Waals surface area contributed by atoms with Crippen molar-refractivity contribution in [2.45, 2.75) is 26.4 Å². The van der Waals surface area contributed by atoms with Crippen molar-refractivity contribution in [3.8, 4) is 0 Å². The molecule has 0 aliphatic carbocycles. The van der Waals surface area contributed by atoms with E-state index in [1.54, 1.807) is 6.07 Å². The zero-order chi connectivity index (χ0) is 13.0. The normalized spacial score (nSPS) is 13.4. The summed E-state index contributed by atoms with van der Waals surface area (Å²) in [6.45, 7) is 4.57. The molecule has 0 aliphatic rings. The van der Waals surface area contributed by atoms with Crippen LogP contribution >= 0.6 is 0 Å². The molecule has 1 unspecified atom stereocenters. The Bertz CT molecular complexity index is 368. The van der Waals surface area contributed by atoms with Gasteiger partial charge in [0.05, 0.1) is 6.61 Å². The molecule has 2 nitrogen and oxygen atoms in total. The van der Waals surface area contributed by atoms with Crippen LogP contribution in [0, 0.1) is 17.6 Å². The molecular weight excluding hydrogens is 224 g/mol. The number of halogens is 2. The van der Waals surface area contributed by atoms with Crippen LogP contribution in [0.3, 0.4) is 0 Å². The van der Waals surface area contributed by atoms with Gasteiger partial charge in [0.15, 0.2) is 11.6 Å². The molecule has 0 aliphatic heterocycles. The highest BCUT2D eigenvalue weighted by molar-refractivity contribution is 5.17. The van der Waals surface area contributed by atoms with Crippen LogP contribution in [0.25, 0.3) is 0 Å². The molecule has 1 aromatic rings. The Morgan fingerprint density at radius 1 is 1.24 bits per heavy atom. The average molecular weight is 243 g/mol. The monoisotopic (exact) mass is 243 g/mol. The lowest BCUT2D eigenvalue weighted by Gasteiger charge is -2.29. The molecule has 0 radical (unpaired) electrons. The third kappa shape index (κ3) is 3.75. The van der Waals surface area contributed by atoms with E-state index >= 15 is 0 Å². The highest BCUT2D eigenvalue weighted by Crippen LogP contribution is 2.14. The maximum atomic E-state index is 13.0. The molecule has 4 heteroatoms. The highest BCUT2D eigenvalue weighted by atomic mass is 19.2. The van der Waals surface area contributed by atoms with E-state index in [-0.39, 0.29) is 12.6 Å². The van der Waals surface area contributed by atoms with Gasteiger partial charge < -0.3 is 5.11 Å². The molecule has 1 atom stereocenters. The van der Waals surface area contributed by atoms with E-state index in [1.807, 2.05) is 25.8 Å². The van der Waals surface area contributed by atoms with E-state index in [0.29, 0.717) is 18.0 Å². The van der Waals surface area contributed by atoms with Crippen molar-refractivity contribution < 1.29 is 13.9 Å². The van der Waals surface area contributed by atoms with Gasteiger partial charge in [0.1, 0.15) is 0 Å². The van der Waals surface area contributed by atoms with Crippen molar-refractivity contribution in [3.05, 3.63) is 35.4 Å². The van der Waals surface area contributed by atoms with Gasteiger partial charge in [0.2, 0.25) is 0 Å². The molecule has 0 fully saturated rings. The van der Waals surface area contributed by atoms with Crippen LogP contribution < -0.4 is 0 Å². The summed E-state index contributed by atoms with van der Waals surface area (Å²) in [5.74, 6) is -1.37. The lowest BCUT2D eigenvalue weighted by Crippen LogP contribution is -2.38. The number of hydrogen-bond donors (Lipinski definition) is 1. The summed E-state index contributed by atoms with van der Waals surface area (Å²) >= 11 is 0. The second-order valence-corrected chi connectivity index (χ2v) is 4.66. The summed E-state index contributed by atoms with van der Waals surface area (Å²) in [5.41, 5.74) is 0.700. The number of rotatable bonds is 5. The van der Waals surface area contributed by atoms with Crippen molar-refractivity contribution in [2.75, 3.05) is 13.7 Å². The number of benzene rings is 1. The Kier molecular flexibility index (Phi) is 5.02. The highest BCUT2D eigenvalue weighted by Gasteiger charge is 2.18. The van der Waals surface area contributed by atoms with Crippen LogP contribution in [0.15, 0.2) is 18.2 Å². The summed E-state index contributed by atoms with van der Waals surface area (Å²) in [6.07, 6.45) is 0. The predicted molar refractivity (Wildman–Crippen MR) is 63.5 cm³/mol. The second kappa shape index (κ2) is 6.07. The van der Waals surface area contributed by atoms with Crippen LogP contribution in [-0.4, -0.2) is 29.7 Å². The Balaban J connectivity index is 2.73. The first-order valence-electron chi connectivity index (χ1n) is 5.70. The van der Waals surface area contributed by atoms with Crippen LogP contribution in [-0.2, 0) is 6.54 Å². The molecule has 0 saturated heterocycles. The van der Waals surface area contributed by atoms with Gasteiger partial charge in [-0.2, -0.15) is 0 Å². The van der Waals surface area contributed by atoms with Crippen LogP contribution in [0.2, 0.25) is 0 Å². The van der Waals surface area contributed by atoms with Crippen molar-refractivity contribution in [1.82, 2.24) is 4.90 Å². The van der Waals surface area contributed by atoms with E-state index in [4.69, 9.17) is 0 Å². The quantitative estimate of drug-likeness (QED) is 0.858. The molecule has 0 heterocycles. The minimum Gasteiger partial charge on any atom is -0.395 e. The third-order valence-electron chi connectivity index (χ3n) is 2.94. The van der Waals surface area contributed by atoms with E-state index in [9.17, 15) is 13.9 Å². The summed E-state index contributed by atoms with van der Waals surface area (Å²) in [7, 11) is 1.86. The SMILES string of the molecule is CC(C)C(CO)N(C)Cc1ccc(F)c(F)c1. The number of hydrogen-bond acceptors (Lipinski definition) is 2. The van der Waals surface area contributed by atoms with Crippen molar-refractivity contribution >= 4 is 0 Å². The fraction of sp³-hybridized carbons (Fsp3) is 0.538. The van der Waals surface area contributed by atoms with Crippen molar-refractivity contribution in [2.24, 2.45) is 5.92 Å². The largest absolute Gasteiger partial charge is 0.395 e. The van der Waals surface area contributed by atoms with Gasteiger partial charge in [-0.25, -0.2) is 8.78 Å². The van der Waals surface area contributed by atoms with Crippen molar-refractivity contribution in [3.63, 3.8) is 0 Å². The topological polar surface area (TPSA) is 23.5 Å². The number of aliphatic hydroxyl groups excluding tert-OH is 1. The maximum Gasteiger partial charge on any atom is 0.159 e. The fourth-order valence-corrected chi connectivity index (χ4v) is 1.90. The first-order chi connectivity index (χ1) is 7.95. The van der Waals surface area contributed by atoms with Gasteiger partial charge in [0, 0.05) is 12.6 Å². The summed E-state index contributed by atoms with van der Waals surface area (Å²) in [6, 6.07) is 3.90. The zero-order valence-corrected chi connectivity index (χ0v) is 10.5. The van der Waals surface area contributed by atoms with Gasteiger partial charge in [-0.05, 0) is 30.7 Å².